The second kappa shape index (κ2) is 1.31. The van der Waals surface area contributed by atoms with E-state index in [4.69, 9.17) is 5.73 Å². The van der Waals surface area contributed by atoms with Crippen LogP contribution >= 0.6 is 23.5 Å². The van der Waals surface area contributed by atoms with Gasteiger partial charge in [0, 0.05) is 0 Å². The molecule has 10 heavy (non-hydrogen) atoms. The summed E-state index contributed by atoms with van der Waals surface area (Å²) in [4.78, 5) is -0.641. The average Bonchev–Trinajstić information content (AvgIpc) is 2.65. The molecule has 0 saturated carbocycles. The molecule has 3 rings (SSSR count). The van der Waals surface area contributed by atoms with E-state index in [1.54, 1.807) is 23.5 Å². The second-order valence-electron chi connectivity index (χ2n) is 3.02. The van der Waals surface area contributed by atoms with Crippen LogP contribution in [0.5, 0.6) is 0 Å². The lowest BCUT2D eigenvalue weighted by Crippen LogP contribution is -2.32. The van der Waals surface area contributed by atoms with Gasteiger partial charge in [-0.15, -0.1) is 23.5 Å². The van der Waals surface area contributed by atoms with Crippen molar-refractivity contribution in [1.82, 2.24) is 0 Å². The first-order chi connectivity index (χ1) is 4.64. The van der Waals surface area contributed by atoms with Crippen LogP contribution in [0, 0.1) is 0 Å². The van der Waals surface area contributed by atoms with Crippen molar-refractivity contribution in [3.63, 3.8) is 0 Å². The van der Waals surface area contributed by atoms with Gasteiger partial charge in [0.2, 0.25) is 0 Å². The average molecular weight is 173 g/mol. The zero-order valence-electron chi connectivity index (χ0n) is 5.15. The molecule has 4 atom stereocenters. The van der Waals surface area contributed by atoms with Crippen LogP contribution in [0.1, 0.15) is 0 Å². The van der Waals surface area contributed by atoms with Crippen molar-refractivity contribution in [2.75, 3.05) is 0 Å². The van der Waals surface area contributed by atoms with Crippen LogP contribution in [0.4, 0.5) is 0 Å². The molecule has 2 heterocycles. The first-order valence-electron chi connectivity index (χ1n) is 3.21. The van der Waals surface area contributed by atoms with E-state index in [2.05, 4.69) is 0 Å². The van der Waals surface area contributed by atoms with E-state index in [0.29, 0.717) is 10.5 Å². The van der Waals surface area contributed by atoms with Crippen molar-refractivity contribution in [2.24, 2.45) is 5.73 Å². The maximum Gasteiger partial charge on any atom is 0.142 e. The number of thioether (sulfide) groups is 2. The highest BCUT2D eigenvalue weighted by atomic mass is 32.2. The normalized spacial score (nSPS) is 68.6. The Kier molecular flexibility index (Phi) is 0.777. The molecular weight excluding hydrogens is 166 g/mol. The van der Waals surface area contributed by atoms with Gasteiger partial charge in [-0.1, -0.05) is 6.08 Å². The molecule has 2 nitrogen and oxygen atoms in total. The van der Waals surface area contributed by atoms with Crippen LogP contribution in [0.2, 0.25) is 0 Å². The molecule has 2 aliphatic heterocycles. The van der Waals surface area contributed by atoms with Gasteiger partial charge in [-0.2, -0.15) is 0 Å². The summed E-state index contributed by atoms with van der Waals surface area (Å²) in [6, 6.07) is 0. The SMILES string of the molecule is NC12C=CC3(O)SC3C1S2. The highest BCUT2D eigenvalue weighted by molar-refractivity contribution is 8.14. The summed E-state index contributed by atoms with van der Waals surface area (Å²) in [7, 11) is 0. The third-order valence-electron chi connectivity index (χ3n) is 2.24. The van der Waals surface area contributed by atoms with Gasteiger partial charge in [0.25, 0.3) is 0 Å². The molecule has 54 valence electrons. The fraction of sp³-hybridized carbons (Fsp3) is 0.667. The fourth-order valence-electron chi connectivity index (χ4n) is 1.45. The molecule has 4 heteroatoms. The number of fused-ring (bicyclic) bond motifs is 3. The minimum Gasteiger partial charge on any atom is -0.375 e. The lowest BCUT2D eigenvalue weighted by Gasteiger charge is -2.09. The maximum atomic E-state index is 9.57. The predicted octanol–water partition coefficient (Wildman–Crippen LogP) is 0.131. The zero-order chi connectivity index (χ0) is 6.98. The first-order valence-corrected chi connectivity index (χ1v) is 4.97. The van der Waals surface area contributed by atoms with Crippen molar-refractivity contribution in [2.45, 2.75) is 20.3 Å². The van der Waals surface area contributed by atoms with Gasteiger partial charge in [0.1, 0.15) is 4.93 Å². The molecule has 2 saturated heterocycles. The summed E-state index contributed by atoms with van der Waals surface area (Å²) in [5.41, 5.74) is 5.88. The van der Waals surface area contributed by atoms with Gasteiger partial charge in [0.05, 0.1) is 15.4 Å². The van der Waals surface area contributed by atoms with Crippen molar-refractivity contribution in [3.05, 3.63) is 12.2 Å². The maximum absolute atomic E-state index is 9.57. The van der Waals surface area contributed by atoms with Gasteiger partial charge in [-0.3, -0.25) is 0 Å². The zero-order valence-corrected chi connectivity index (χ0v) is 6.78. The van der Waals surface area contributed by atoms with Crippen LogP contribution in [0.25, 0.3) is 0 Å². The van der Waals surface area contributed by atoms with E-state index in [0.717, 1.165) is 0 Å². The smallest absolute Gasteiger partial charge is 0.142 e. The Balaban J connectivity index is 2.04. The molecule has 0 aromatic rings. The number of hydrogen-bond acceptors (Lipinski definition) is 4. The van der Waals surface area contributed by atoms with E-state index < -0.39 is 4.93 Å². The monoisotopic (exact) mass is 173 g/mol. The Labute approximate surface area is 67.2 Å². The van der Waals surface area contributed by atoms with Gasteiger partial charge in [-0.05, 0) is 6.08 Å². The first kappa shape index (κ1) is 5.94. The third-order valence-corrected chi connectivity index (χ3v) is 5.27. The number of hydrogen-bond donors (Lipinski definition) is 2. The predicted molar refractivity (Wildman–Crippen MR) is 43.8 cm³/mol. The molecule has 2 fully saturated rings. The summed E-state index contributed by atoms with van der Waals surface area (Å²) < 4.78 is 0. The Morgan fingerprint density at radius 3 is 2.80 bits per heavy atom. The molecule has 0 aromatic carbocycles. The van der Waals surface area contributed by atoms with E-state index in [1.165, 1.54) is 0 Å². The molecule has 0 radical (unpaired) electrons. The fourth-order valence-corrected chi connectivity index (χ4v) is 4.07. The molecule has 1 aliphatic carbocycles. The molecule has 0 amide bonds. The topological polar surface area (TPSA) is 46.2 Å². The van der Waals surface area contributed by atoms with Crippen molar-refractivity contribution in [3.8, 4) is 0 Å². The Hall–Kier alpha value is 0.360. The summed E-state index contributed by atoms with van der Waals surface area (Å²) in [5.74, 6) is 0. The Bertz CT molecular complexity index is 220. The van der Waals surface area contributed by atoms with Gasteiger partial charge in [-0.25, -0.2) is 0 Å². The summed E-state index contributed by atoms with van der Waals surface area (Å²) in [6.07, 6.45) is 3.79. The number of nitrogens with two attached hydrogens (primary N) is 1. The third kappa shape index (κ3) is 0.525. The molecule has 3 N–H and O–H groups in total. The van der Waals surface area contributed by atoms with Crippen molar-refractivity contribution >= 4 is 23.5 Å². The van der Waals surface area contributed by atoms with Crippen molar-refractivity contribution in [1.29, 1.82) is 0 Å². The van der Waals surface area contributed by atoms with E-state index in [9.17, 15) is 5.11 Å². The van der Waals surface area contributed by atoms with Crippen LogP contribution < -0.4 is 5.73 Å². The minimum atomic E-state index is -0.531. The second-order valence-corrected chi connectivity index (χ2v) is 5.86. The summed E-state index contributed by atoms with van der Waals surface area (Å²) in [6.45, 7) is 0. The summed E-state index contributed by atoms with van der Waals surface area (Å²) >= 11 is 3.38. The quantitative estimate of drug-likeness (QED) is 0.404. The largest absolute Gasteiger partial charge is 0.375 e. The van der Waals surface area contributed by atoms with E-state index in [-0.39, 0.29) is 4.87 Å². The van der Waals surface area contributed by atoms with Gasteiger partial charge < -0.3 is 10.8 Å². The van der Waals surface area contributed by atoms with E-state index in [1.807, 2.05) is 12.2 Å². The Morgan fingerprint density at radius 2 is 2.10 bits per heavy atom. The van der Waals surface area contributed by atoms with Crippen LogP contribution in [0.3, 0.4) is 0 Å². The number of aliphatic hydroxyl groups is 1. The number of rotatable bonds is 0. The lowest BCUT2D eigenvalue weighted by molar-refractivity contribution is 0.215. The highest BCUT2D eigenvalue weighted by Crippen LogP contribution is 2.70. The lowest BCUT2D eigenvalue weighted by atomic mass is 10.0. The van der Waals surface area contributed by atoms with Crippen LogP contribution in [-0.2, 0) is 0 Å². The van der Waals surface area contributed by atoms with Crippen molar-refractivity contribution < 1.29 is 5.11 Å². The van der Waals surface area contributed by atoms with Gasteiger partial charge in [0.15, 0.2) is 0 Å². The van der Waals surface area contributed by atoms with Gasteiger partial charge >= 0.3 is 0 Å². The highest BCUT2D eigenvalue weighted by Gasteiger charge is 2.71. The Morgan fingerprint density at radius 1 is 1.30 bits per heavy atom. The van der Waals surface area contributed by atoms with Crippen LogP contribution in [0.15, 0.2) is 12.2 Å². The van der Waals surface area contributed by atoms with Crippen LogP contribution in [-0.4, -0.2) is 25.4 Å². The molecule has 0 spiro atoms. The standard InChI is InChI=1S/C6H7NOS2/c7-5-1-2-6(8)4(10-6)3(5)9-5/h1-4,8H,7H2. The molecule has 0 aromatic heterocycles. The van der Waals surface area contributed by atoms with E-state index >= 15 is 0 Å². The molecule has 0 bridgehead atoms. The molecular formula is C6H7NOS2. The molecule has 4 unspecified atom stereocenters. The minimum absolute atomic E-state index is 0.111. The summed E-state index contributed by atoms with van der Waals surface area (Å²) in [5, 5.41) is 10.4. The molecule has 3 aliphatic rings.